The Hall–Kier alpha value is -2.67. The molecule has 0 aliphatic rings. The van der Waals surface area contributed by atoms with Crippen LogP contribution in [0.2, 0.25) is 5.02 Å². The summed E-state index contributed by atoms with van der Waals surface area (Å²) < 4.78 is 23.4. The van der Waals surface area contributed by atoms with Crippen molar-refractivity contribution in [2.45, 2.75) is 0 Å². The number of esters is 1. The zero-order chi connectivity index (χ0) is 16.3. The van der Waals surface area contributed by atoms with Gasteiger partial charge in [0.25, 0.3) is 0 Å². The van der Waals surface area contributed by atoms with Crippen molar-refractivity contribution < 1.29 is 23.6 Å². The van der Waals surface area contributed by atoms with Gasteiger partial charge in [0.1, 0.15) is 17.1 Å². The normalized spacial score (nSPS) is 10.1. The Morgan fingerprint density at radius 3 is 2.64 bits per heavy atom. The summed E-state index contributed by atoms with van der Waals surface area (Å²) in [6, 6.07) is 7.31. The number of ether oxygens (including phenoxy) is 2. The molecule has 22 heavy (non-hydrogen) atoms. The van der Waals surface area contributed by atoms with Gasteiger partial charge in [0.05, 0.1) is 23.1 Å². The molecular formula is C14H9ClFNO5. The maximum Gasteiger partial charge on any atom is 0.348 e. The summed E-state index contributed by atoms with van der Waals surface area (Å²) in [5.74, 6) is -2.13. The van der Waals surface area contributed by atoms with Crippen LogP contribution < -0.4 is 9.47 Å². The topological polar surface area (TPSA) is 78.7 Å². The van der Waals surface area contributed by atoms with Crippen molar-refractivity contribution in [3.8, 4) is 11.5 Å². The Bertz CT molecular complexity index is 730. The molecule has 0 atom stereocenters. The van der Waals surface area contributed by atoms with Crippen LogP contribution in [0.1, 0.15) is 10.4 Å². The molecule has 0 amide bonds. The highest BCUT2D eigenvalue weighted by Crippen LogP contribution is 2.32. The van der Waals surface area contributed by atoms with E-state index in [0.29, 0.717) is 0 Å². The zero-order valence-corrected chi connectivity index (χ0v) is 12.0. The van der Waals surface area contributed by atoms with E-state index in [-0.39, 0.29) is 16.5 Å². The summed E-state index contributed by atoms with van der Waals surface area (Å²) in [6.45, 7) is 0. The van der Waals surface area contributed by atoms with Crippen molar-refractivity contribution in [1.82, 2.24) is 0 Å². The Morgan fingerprint density at radius 1 is 1.32 bits per heavy atom. The average molecular weight is 326 g/mol. The van der Waals surface area contributed by atoms with Gasteiger partial charge in [0, 0.05) is 0 Å². The Morgan fingerprint density at radius 2 is 2.05 bits per heavy atom. The molecular weight excluding hydrogens is 317 g/mol. The molecule has 0 saturated heterocycles. The van der Waals surface area contributed by atoms with Gasteiger partial charge in [0.15, 0.2) is 0 Å². The van der Waals surface area contributed by atoms with Crippen LogP contribution in [0.25, 0.3) is 0 Å². The van der Waals surface area contributed by atoms with Crippen molar-refractivity contribution in [3.63, 3.8) is 0 Å². The molecule has 0 N–H and O–H groups in total. The van der Waals surface area contributed by atoms with Gasteiger partial charge in [-0.2, -0.15) is 0 Å². The van der Waals surface area contributed by atoms with Gasteiger partial charge in [-0.3, -0.25) is 10.1 Å². The minimum Gasteiger partial charge on any atom is -0.496 e. The molecule has 0 heterocycles. The van der Waals surface area contributed by atoms with E-state index in [1.54, 1.807) is 0 Å². The van der Waals surface area contributed by atoms with Crippen molar-refractivity contribution in [1.29, 1.82) is 0 Å². The third-order valence-corrected chi connectivity index (χ3v) is 3.05. The minimum absolute atomic E-state index is 0.152. The molecule has 0 aliphatic carbocycles. The van der Waals surface area contributed by atoms with Crippen molar-refractivity contribution in [2.75, 3.05) is 7.11 Å². The largest absolute Gasteiger partial charge is 0.496 e. The number of rotatable bonds is 4. The van der Waals surface area contributed by atoms with E-state index in [0.717, 1.165) is 12.1 Å². The molecule has 0 spiro atoms. The van der Waals surface area contributed by atoms with Crippen LogP contribution in [0, 0.1) is 15.9 Å². The third-order valence-electron chi connectivity index (χ3n) is 2.73. The van der Waals surface area contributed by atoms with Crippen molar-refractivity contribution >= 4 is 23.3 Å². The van der Waals surface area contributed by atoms with Crippen molar-refractivity contribution in [3.05, 3.63) is 62.9 Å². The van der Waals surface area contributed by atoms with E-state index >= 15 is 0 Å². The lowest BCUT2D eigenvalue weighted by atomic mass is 10.2. The SMILES string of the molecule is COc1ccc(OC(=O)c2c(F)cccc2Cl)c([N+](=O)[O-])c1. The maximum atomic E-state index is 13.6. The fourth-order valence-corrected chi connectivity index (χ4v) is 1.94. The smallest absolute Gasteiger partial charge is 0.348 e. The van der Waals surface area contributed by atoms with E-state index in [4.69, 9.17) is 21.1 Å². The number of nitrogens with zero attached hydrogens (tertiary/aromatic N) is 1. The van der Waals surface area contributed by atoms with Crippen LogP contribution in [-0.2, 0) is 0 Å². The van der Waals surface area contributed by atoms with Crippen LogP contribution in [0.5, 0.6) is 11.5 Å². The van der Waals surface area contributed by atoms with Crippen LogP contribution >= 0.6 is 11.6 Å². The van der Waals surface area contributed by atoms with E-state index in [2.05, 4.69) is 0 Å². The lowest BCUT2D eigenvalue weighted by Crippen LogP contribution is -2.12. The number of hydrogen-bond donors (Lipinski definition) is 0. The van der Waals surface area contributed by atoms with Gasteiger partial charge in [0.2, 0.25) is 5.75 Å². The van der Waals surface area contributed by atoms with Gasteiger partial charge in [-0.05, 0) is 24.3 Å². The van der Waals surface area contributed by atoms with Gasteiger partial charge in [-0.25, -0.2) is 9.18 Å². The summed E-state index contributed by atoms with van der Waals surface area (Å²) in [5.41, 5.74) is -0.977. The molecule has 0 fully saturated rings. The average Bonchev–Trinajstić information content (AvgIpc) is 2.47. The molecule has 2 aromatic carbocycles. The molecule has 0 radical (unpaired) electrons. The second kappa shape index (κ2) is 6.40. The summed E-state index contributed by atoms with van der Waals surface area (Å²) in [5, 5.41) is 10.8. The first-order valence-electron chi connectivity index (χ1n) is 5.92. The van der Waals surface area contributed by atoms with E-state index in [1.165, 1.54) is 31.4 Å². The van der Waals surface area contributed by atoms with Gasteiger partial charge < -0.3 is 9.47 Å². The van der Waals surface area contributed by atoms with Crippen LogP contribution in [0.3, 0.4) is 0 Å². The molecule has 114 valence electrons. The molecule has 6 nitrogen and oxygen atoms in total. The van der Waals surface area contributed by atoms with E-state index in [9.17, 15) is 19.3 Å². The number of halogens is 2. The lowest BCUT2D eigenvalue weighted by Gasteiger charge is -2.08. The highest BCUT2D eigenvalue weighted by atomic mass is 35.5. The zero-order valence-electron chi connectivity index (χ0n) is 11.2. The lowest BCUT2D eigenvalue weighted by molar-refractivity contribution is -0.385. The van der Waals surface area contributed by atoms with Gasteiger partial charge in [-0.1, -0.05) is 17.7 Å². The second-order valence-electron chi connectivity index (χ2n) is 4.08. The Labute approximate surface area is 129 Å². The molecule has 8 heteroatoms. The van der Waals surface area contributed by atoms with E-state index < -0.39 is 28.0 Å². The van der Waals surface area contributed by atoms with E-state index in [1.807, 2.05) is 0 Å². The molecule has 2 aromatic rings. The first kappa shape index (κ1) is 15.7. The second-order valence-corrected chi connectivity index (χ2v) is 4.48. The molecule has 0 aliphatic heterocycles. The predicted molar refractivity (Wildman–Crippen MR) is 76.0 cm³/mol. The van der Waals surface area contributed by atoms with Crippen LogP contribution in [0.4, 0.5) is 10.1 Å². The van der Waals surface area contributed by atoms with Gasteiger partial charge in [-0.15, -0.1) is 0 Å². The quantitative estimate of drug-likeness (QED) is 0.371. The standard InChI is InChI=1S/C14H9ClFNO5/c1-21-8-5-6-12(11(7-8)17(19)20)22-14(18)13-9(15)3-2-4-10(13)16/h2-7H,1H3. The summed E-state index contributed by atoms with van der Waals surface area (Å²) >= 11 is 5.75. The van der Waals surface area contributed by atoms with Crippen molar-refractivity contribution in [2.24, 2.45) is 0 Å². The van der Waals surface area contributed by atoms with Gasteiger partial charge >= 0.3 is 11.7 Å². The first-order chi connectivity index (χ1) is 10.4. The monoisotopic (exact) mass is 325 g/mol. The number of nitro benzene ring substituents is 1. The summed E-state index contributed by atoms with van der Waals surface area (Å²) in [4.78, 5) is 22.2. The summed E-state index contributed by atoms with van der Waals surface area (Å²) in [7, 11) is 1.34. The van der Waals surface area contributed by atoms with Crippen LogP contribution in [0.15, 0.2) is 36.4 Å². The Balaban J connectivity index is 2.38. The molecule has 0 unspecified atom stereocenters. The maximum absolute atomic E-state index is 13.6. The molecule has 0 aromatic heterocycles. The highest BCUT2D eigenvalue weighted by molar-refractivity contribution is 6.33. The first-order valence-corrected chi connectivity index (χ1v) is 6.30. The number of hydrogen-bond acceptors (Lipinski definition) is 5. The number of methoxy groups -OCH3 is 1. The number of nitro groups is 1. The molecule has 0 bridgehead atoms. The third kappa shape index (κ3) is 3.15. The number of carbonyl (C=O) groups excluding carboxylic acids is 1. The molecule has 2 rings (SSSR count). The number of benzene rings is 2. The predicted octanol–water partition coefficient (Wildman–Crippen LogP) is 3.62. The number of carbonyl (C=O) groups is 1. The fourth-order valence-electron chi connectivity index (χ4n) is 1.70. The summed E-state index contributed by atoms with van der Waals surface area (Å²) in [6.07, 6.45) is 0. The fraction of sp³-hybridized carbons (Fsp3) is 0.0714. The Kier molecular flexibility index (Phi) is 4.57. The van der Waals surface area contributed by atoms with Crippen LogP contribution in [-0.4, -0.2) is 18.0 Å². The molecule has 0 saturated carbocycles. The minimum atomic E-state index is -1.13. The highest BCUT2D eigenvalue weighted by Gasteiger charge is 2.23.